The van der Waals surface area contributed by atoms with Crippen molar-refractivity contribution < 1.29 is 14.2 Å². The average molecular weight is 382 g/mol. The molecule has 26 heavy (non-hydrogen) atoms. The maximum Gasteiger partial charge on any atom is 0.193 e. The summed E-state index contributed by atoms with van der Waals surface area (Å²) in [5.41, 5.74) is 0. The van der Waals surface area contributed by atoms with Crippen molar-refractivity contribution in [2.75, 3.05) is 39.9 Å². The van der Waals surface area contributed by atoms with E-state index in [1.807, 2.05) is 31.2 Å². The summed E-state index contributed by atoms with van der Waals surface area (Å²) in [5, 5.41) is 4.08. The van der Waals surface area contributed by atoms with Crippen LogP contribution in [0.15, 0.2) is 29.3 Å². The molecule has 2 aliphatic heterocycles. The van der Waals surface area contributed by atoms with Gasteiger partial charge in [-0.1, -0.05) is 17.7 Å². The number of nitrogens with one attached hydrogen (secondary N) is 1. The van der Waals surface area contributed by atoms with E-state index in [1.165, 1.54) is 0 Å². The van der Waals surface area contributed by atoms with E-state index in [0.717, 1.165) is 44.2 Å². The predicted molar refractivity (Wildman–Crippen MR) is 103 cm³/mol. The molecule has 0 bridgehead atoms. The van der Waals surface area contributed by atoms with E-state index in [1.54, 1.807) is 7.05 Å². The van der Waals surface area contributed by atoms with Gasteiger partial charge >= 0.3 is 0 Å². The molecular weight excluding hydrogens is 354 g/mol. The molecule has 2 fully saturated rings. The molecule has 144 valence electrons. The van der Waals surface area contributed by atoms with Crippen LogP contribution in [0.4, 0.5) is 0 Å². The van der Waals surface area contributed by atoms with Crippen molar-refractivity contribution in [3.8, 4) is 5.75 Å². The monoisotopic (exact) mass is 381 g/mol. The first kappa shape index (κ1) is 19.3. The Labute approximate surface area is 160 Å². The van der Waals surface area contributed by atoms with Gasteiger partial charge in [-0.15, -0.1) is 0 Å². The number of rotatable bonds is 5. The smallest absolute Gasteiger partial charge is 0.193 e. The van der Waals surface area contributed by atoms with E-state index < -0.39 is 0 Å². The number of halogens is 1. The van der Waals surface area contributed by atoms with Gasteiger partial charge < -0.3 is 24.4 Å². The minimum atomic E-state index is -0.0137. The van der Waals surface area contributed by atoms with Crippen LogP contribution < -0.4 is 10.1 Å². The summed E-state index contributed by atoms with van der Waals surface area (Å²) < 4.78 is 17.6. The van der Waals surface area contributed by atoms with Crippen LogP contribution in [0.2, 0.25) is 5.02 Å². The summed E-state index contributed by atoms with van der Waals surface area (Å²) in [6.07, 6.45) is 2.51. The molecule has 2 aliphatic rings. The maximum absolute atomic E-state index is 6.00. The molecule has 1 aromatic carbocycles. The third-order valence-corrected chi connectivity index (χ3v) is 4.90. The fraction of sp³-hybridized carbons (Fsp3) is 0.632. The second-order valence-corrected chi connectivity index (χ2v) is 7.16. The number of morpholine rings is 1. The van der Waals surface area contributed by atoms with Crippen molar-refractivity contribution in [3.05, 3.63) is 29.3 Å². The molecular formula is C19H28ClN3O3. The molecule has 0 radical (unpaired) electrons. The van der Waals surface area contributed by atoms with Crippen LogP contribution in [0, 0.1) is 0 Å². The van der Waals surface area contributed by atoms with Crippen molar-refractivity contribution in [2.24, 2.45) is 4.99 Å². The zero-order chi connectivity index (χ0) is 18.4. The quantitative estimate of drug-likeness (QED) is 0.627. The summed E-state index contributed by atoms with van der Waals surface area (Å²) in [7, 11) is 1.81. The number of ether oxygens (including phenoxy) is 3. The Hall–Kier alpha value is -1.50. The topological polar surface area (TPSA) is 55.3 Å². The van der Waals surface area contributed by atoms with Crippen molar-refractivity contribution >= 4 is 17.6 Å². The molecule has 3 atom stereocenters. The second-order valence-electron chi connectivity index (χ2n) is 6.72. The molecule has 2 heterocycles. The summed E-state index contributed by atoms with van der Waals surface area (Å²) in [5.74, 6) is 1.64. The molecule has 2 saturated heterocycles. The highest BCUT2D eigenvalue weighted by molar-refractivity contribution is 6.30. The molecule has 0 saturated carbocycles. The highest BCUT2D eigenvalue weighted by Crippen LogP contribution is 2.21. The number of guanidine groups is 1. The largest absolute Gasteiger partial charge is 0.489 e. The summed E-state index contributed by atoms with van der Waals surface area (Å²) in [6.45, 7) is 5.84. The number of aliphatic imine (C=N–C) groups is 1. The Kier molecular flexibility index (Phi) is 7.00. The van der Waals surface area contributed by atoms with E-state index in [-0.39, 0.29) is 18.3 Å². The van der Waals surface area contributed by atoms with Gasteiger partial charge in [0.2, 0.25) is 0 Å². The van der Waals surface area contributed by atoms with Gasteiger partial charge in [0.15, 0.2) is 5.96 Å². The molecule has 6 nitrogen and oxygen atoms in total. The van der Waals surface area contributed by atoms with Crippen LogP contribution in [-0.4, -0.2) is 69.1 Å². The van der Waals surface area contributed by atoms with Gasteiger partial charge in [-0.25, -0.2) is 0 Å². The lowest BCUT2D eigenvalue weighted by atomic mass is 10.1. The Morgan fingerprint density at radius 1 is 1.38 bits per heavy atom. The van der Waals surface area contributed by atoms with Crippen molar-refractivity contribution in [3.63, 3.8) is 0 Å². The first-order chi connectivity index (χ1) is 12.7. The molecule has 0 aromatic heterocycles. The lowest BCUT2D eigenvalue weighted by molar-refractivity contribution is -0.0817. The van der Waals surface area contributed by atoms with E-state index in [2.05, 4.69) is 15.2 Å². The molecule has 0 spiro atoms. The maximum atomic E-state index is 6.00. The minimum absolute atomic E-state index is 0.0137. The van der Waals surface area contributed by atoms with Crippen molar-refractivity contribution in [2.45, 2.75) is 38.1 Å². The summed E-state index contributed by atoms with van der Waals surface area (Å²) in [4.78, 5) is 6.66. The van der Waals surface area contributed by atoms with Gasteiger partial charge in [-0.3, -0.25) is 4.99 Å². The molecule has 1 N–H and O–H groups in total. The third-order valence-electron chi connectivity index (χ3n) is 4.67. The first-order valence-electron chi connectivity index (χ1n) is 9.26. The summed E-state index contributed by atoms with van der Waals surface area (Å²) >= 11 is 6.00. The molecule has 7 heteroatoms. The number of hydrogen-bond donors (Lipinski definition) is 1. The number of nitrogens with zero attached hydrogens (tertiary/aromatic N) is 2. The van der Waals surface area contributed by atoms with Gasteiger partial charge in [0, 0.05) is 31.8 Å². The highest BCUT2D eigenvalue weighted by Gasteiger charge is 2.32. The highest BCUT2D eigenvalue weighted by atomic mass is 35.5. The Bertz CT molecular complexity index is 607. The molecule has 0 aliphatic carbocycles. The SMILES string of the molecule is CN=C(NCC(C)Oc1cccc(Cl)c1)N1CCOC(C2CCCO2)C1. The summed E-state index contributed by atoms with van der Waals surface area (Å²) in [6, 6.07) is 7.45. The van der Waals surface area contributed by atoms with Crippen LogP contribution in [-0.2, 0) is 9.47 Å². The zero-order valence-corrected chi connectivity index (χ0v) is 16.2. The molecule has 0 amide bonds. The van der Waals surface area contributed by atoms with Crippen LogP contribution >= 0.6 is 11.6 Å². The normalized spacial score (nSPS) is 25.2. The van der Waals surface area contributed by atoms with Crippen LogP contribution in [0.3, 0.4) is 0 Å². The van der Waals surface area contributed by atoms with Crippen LogP contribution in [0.1, 0.15) is 19.8 Å². The average Bonchev–Trinajstić information content (AvgIpc) is 3.17. The predicted octanol–water partition coefficient (Wildman–Crippen LogP) is 2.56. The van der Waals surface area contributed by atoms with Gasteiger partial charge in [-0.2, -0.15) is 0 Å². The van der Waals surface area contributed by atoms with E-state index >= 15 is 0 Å². The first-order valence-corrected chi connectivity index (χ1v) is 9.64. The third kappa shape index (κ3) is 5.25. The number of hydrogen-bond acceptors (Lipinski definition) is 4. The Morgan fingerprint density at radius 2 is 2.23 bits per heavy atom. The lowest BCUT2D eigenvalue weighted by Gasteiger charge is -2.37. The van der Waals surface area contributed by atoms with Crippen molar-refractivity contribution in [1.29, 1.82) is 0 Å². The Balaban J connectivity index is 1.49. The van der Waals surface area contributed by atoms with Crippen LogP contribution in [0.5, 0.6) is 5.75 Å². The fourth-order valence-electron chi connectivity index (χ4n) is 3.37. The molecule has 1 aromatic rings. The minimum Gasteiger partial charge on any atom is -0.489 e. The Morgan fingerprint density at radius 3 is 2.96 bits per heavy atom. The van der Waals surface area contributed by atoms with E-state index in [9.17, 15) is 0 Å². The van der Waals surface area contributed by atoms with E-state index in [4.69, 9.17) is 25.8 Å². The van der Waals surface area contributed by atoms with Gasteiger partial charge in [0.1, 0.15) is 18.0 Å². The zero-order valence-electron chi connectivity index (χ0n) is 15.5. The fourth-order valence-corrected chi connectivity index (χ4v) is 3.55. The van der Waals surface area contributed by atoms with Gasteiger partial charge in [0.05, 0.1) is 19.3 Å². The van der Waals surface area contributed by atoms with Crippen LogP contribution in [0.25, 0.3) is 0 Å². The molecule has 3 unspecified atom stereocenters. The number of benzene rings is 1. The second kappa shape index (κ2) is 9.44. The molecule has 3 rings (SSSR count). The standard InChI is InChI=1S/C19H28ClN3O3/c1-14(26-16-6-3-5-15(20)11-16)12-22-19(21-2)23-8-10-25-18(13-23)17-7-4-9-24-17/h3,5-6,11,14,17-18H,4,7-10,12-13H2,1-2H3,(H,21,22). The van der Waals surface area contributed by atoms with E-state index in [0.29, 0.717) is 18.2 Å². The lowest BCUT2D eigenvalue weighted by Crippen LogP contribution is -2.54. The van der Waals surface area contributed by atoms with Gasteiger partial charge in [-0.05, 0) is 38.0 Å². The van der Waals surface area contributed by atoms with Crippen molar-refractivity contribution in [1.82, 2.24) is 10.2 Å². The van der Waals surface area contributed by atoms with Gasteiger partial charge in [0.25, 0.3) is 0 Å².